The fourth-order valence-electron chi connectivity index (χ4n) is 2.39. The van der Waals surface area contributed by atoms with Crippen molar-refractivity contribution in [2.45, 2.75) is 25.7 Å². The lowest BCUT2D eigenvalue weighted by Gasteiger charge is -2.25. The Morgan fingerprint density at radius 2 is 1.24 bits per heavy atom. The summed E-state index contributed by atoms with van der Waals surface area (Å²) in [5.74, 6) is -2.61. The molecule has 0 aromatic heterocycles. The number of carbonyl (C=O) groups is 4. The van der Waals surface area contributed by atoms with E-state index in [1.165, 1.54) is 0 Å². The summed E-state index contributed by atoms with van der Waals surface area (Å²) in [6.07, 6.45) is -3.31. The molecule has 0 fully saturated rings. The van der Waals surface area contributed by atoms with Crippen molar-refractivity contribution in [3.05, 3.63) is 71.8 Å². The monoisotopic (exact) mass is 400 g/mol. The van der Waals surface area contributed by atoms with Crippen molar-refractivity contribution in [2.24, 2.45) is 5.73 Å². The van der Waals surface area contributed by atoms with Crippen LogP contribution in [0.25, 0.3) is 0 Å². The van der Waals surface area contributed by atoms with Crippen LogP contribution >= 0.6 is 0 Å². The van der Waals surface area contributed by atoms with E-state index >= 15 is 0 Å². The molecule has 0 aliphatic heterocycles. The molecule has 3 amide bonds. The van der Waals surface area contributed by atoms with Gasteiger partial charge in [-0.15, -0.1) is 0 Å². The van der Waals surface area contributed by atoms with Gasteiger partial charge in [0.15, 0.2) is 6.04 Å². The van der Waals surface area contributed by atoms with Gasteiger partial charge in [-0.05, 0) is 11.1 Å². The molecule has 2 aromatic carbocycles. The largest absolute Gasteiger partial charge is 0.480 e. The van der Waals surface area contributed by atoms with Gasteiger partial charge in [0.1, 0.15) is 13.2 Å². The molecule has 9 nitrogen and oxygen atoms in total. The number of carbonyl (C=O) groups excluding carboxylic acids is 3. The second kappa shape index (κ2) is 10.5. The summed E-state index contributed by atoms with van der Waals surface area (Å²) in [5, 5.41) is 9.40. The zero-order valence-corrected chi connectivity index (χ0v) is 15.4. The summed E-state index contributed by atoms with van der Waals surface area (Å²) in [7, 11) is 0. The van der Waals surface area contributed by atoms with Crippen LogP contribution in [0.3, 0.4) is 0 Å². The Bertz CT molecular complexity index is 800. The first-order valence-electron chi connectivity index (χ1n) is 8.60. The maximum Gasteiger partial charge on any atom is 0.420 e. The Kier molecular flexibility index (Phi) is 7.72. The lowest BCUT2D eigenvalue weighted by Crippen LogP contribution is -2.50. The van der Waals surface area contributed by atoms with E-state index in [2.05, 4.69) is 0 Å². The summed E-state index contributed by atoms with van der Waals surface area (Å²) >= 11 is 0. The van der Waals surface area contributed by atoms with Crippen molar-refractivity contribution in [1.82, 2.24) is 4.90 Å². The highest BCUT2D eigenvalue weighted by Gasteiger charge is 2.38. The number of rotatable bonds is 8. The molecule has 0 radical (unpaired) electrons. The number of amides is 3. The van der Waals surface area contributed by atoms with E-state index in [9.17, 15) is 24.3 Å². The van der Waals surface area contributed by atoms with Gasteiger partial charge in [0.2, 0.25) is 5.91 Å². The molecule has 2 rings (SSSR count). The van der Waals surface area contributed by atoms with E-state index in [1.807, 2.05) is 0 Å². The summed E-state index contributed by atoms with van der Waals surface area (Å²) < 4.78 is 10.1. The predicted octanol–water partition coefficient (Wildman–Crippen LogP) is 2.29. The van der Waals surface area contributed by atoms with Gasteiger partial charge < -0.3 is 20.3 Å². The number of nitrogens with zero attached hydrogens (tertiary/aromatic N) is 1. The average Bonchev–Trinajstić information content (AvgIpc) is 2.71. The number of nitrogens with two attached hydrogens (primary N) is 1. The molecule has 3 N–H and O–H groups in total. The van der Waals surface area contributed by atoms with Crippen LogP contribution in [0.5, 0.6) is 0 Å². The Morgan fingerprint density at radius 1 is 0.828 bits per heavy atom. The minimum Gasteiger partial charge on any atom is -0.480 e. The molecule has 0 saturated heterocycles. The van der Waals surface area contributed by atoms with Crippen molar-refractivity contribution in [1.29, 1.82) is 0 Å². The van der Waals surface area contributed by atoms with E-state index in [-0.39, 0.29) is 18.1 Å². The maximum atomic E-state index is 12.5. The van der Waals surface area contributed by atoms with E-state index in [0.717, 1.165) is 0 Å². The summed E-state index contributed by atoms with van der Waals surface area (Å²) in [6, 6.07) is 15.3. The Morgan fingerprint density at radius 3 is 1.59 bits per heavy atom. The van der Waals surface area contributed by atoms with Gasteiger partial charge in [-0.1, -0.05) is 60.7 Å². The van der Waals surface area contributed by atoms with Crippen LogP contribution < -0.4 is 5.73 Å². The molecule has 0 saturated carbocycles. The summed E-state index contributed by atoms with van der Waals surface area (Å²) in [6.45, 7) is -0.407. The van der Waals surface area contributed by atoms with E-state index in [0.29, 0.717) is 11.1 Å². The molecule has 29 heavy (non-hydrogen) atoms. The topological polar surface area (TPSA) is 136 Å². The average molecular weight is 400 g/mol. The fourth-order valence-corrected chi connectivity index (χ4v) is 2.39. The van der Waals surface area contributed by atoms with Gasteiger partial charge in [-0.3, -0.25) is 4.79 Å². The number of aliphatic carboxylic acids is 1. The van der Waals surface area contributed by atoms with Crippen LogP contribution in [0.15, 0.2) is 60.7 Å². The van der Waals surface area contributed by atoms with Crippen molar-refractivity contribution in [3.63, 3.8) is 0 Å². The van der Waals surface area contributed by atoms with Gasteiger partial charge in [-0.25, -0.2) is 14.4 Å². The van der Waals surface area contributed by atoms with Crippen LogP contribution in [-0.4, -0.2) is 40.1 Å². The number of benzene rings is 2. The molecule has 152 valence electrons. The number of ether oxygens (including phenoxy) is 2. The molecule has 0 spiro atoms. The lowest BCUT2D eigenvalue weighted by molar-refractivity contribution is -0.144. The van der Waals surface area contributed by atoms with E-state index in [1.54, 1.807) is 60.7 Å². The van der Waals surface area contributed by atoms with Gasteiger partial charge in [0, 0.05) is 0 Å². The molecule has 2 aromatic rings. The molecule has 0 aliphatic carbocycles. The standard InChI is InChI=1S/C20H20N2O7/c21-17(23)11-16(18(24)25)22(19(26)28-12-14-7-3-1-4-8-14)20(27)29-13-15-9-5-2-6-10-15/h1-10,16H,11-13H2,(H2,21,23)(H,24,25)/t16-/m1/s1. The minimum atomic E-state index is -1.86. The van der Waals surface area contributed by atoms with E-state index in [4.69, 9.17) is 15.2 Å². The summed E-state index contributed by atoms with van der Waals surface area (Å²) in [5.41, 5.74) is 6.32. The fraction of sp³-hybridized carbons (Fsp3) is 0.200. The third-order valence-electron chi connectivity index (χ3n) is 3.79. The third-order valence-corrected chi connectivity index (χ3v) is 3.79. The van der Waals surface area contributed by atoms with Gasteiger partial charge in [0.25, 0.3) is 0 Å². The predicted molar refractivity (Wildman–Crippen MR) is 100 cm³/mol. The molecule has 0 heterocycles. The lowest BCUT2D eigenvalue weighted by atomic mass is 10.2. The number of primary amides is 1. The SMILES string of the molecule is NC(=O)C[C@H](C(=O)O)N(C(=O)OCc1ccccc1)C(=O)OCc1ccccc1. The van der Waals surface area contributed by atoms with Crippen LogP contribution in [0.2, 0.25) is 0 Å². The van der Waals surface area contributed by atoms with Gasteiger partial charge in [-0.2, -0.15) is 4.90 Å². The van der Waals surface area contributed by atoms with Gasteiger partial charge in [0.05, 0.1) is 6.42 Å². The molecular formula is C20H20N2O7. The number of carboxylic acid groups (broad SMARTS) is 1. The normalized spacial score (nSPS) is 11.2. The Hall–Kier alpha value is -3.88. The van der Waals surface area contributed by atoms with Gasteiger partial charge >= 0.3 is 18.2 Å². The second-order valence-corrected chi connectivity index (χ2v) is 5.97. The van der Waals surface area contributed by atoms with Crippen molar-refractivity contribution in [2.75, 3.05) is 0 Å². The van der Waals surface area contributed by atoms with E-state index < -0.39 is 36.5 Å². The molecule has 1 atom stereocenters. The summed E-state index contributed by atoms with van der Waals surface area (Å²) in [4.78, 5) is 48.0. The smallest absolute Gasteiger partial charge is 0.420 e. The quantitative estimate of drug-likeness (QED) is 0.694. The number of hydrogen-bond acceptors (Lipinski definition) is 6. The van der Waals surface area contributed by atoms with Crippen LogP contribution in [0.4, 0.5) is 9.59 Å². The number of imide groups is 1. The highest BCUT2D eigenvalue weighted by Crippen LogP contribution is 2.13. The zero-order chi connectivity index (χ0) is 21.2. The first kappa shape index (κ1) is 21.4. The first-order chi connectivity index (χ1) is 13.9. The zero-order valence-electron chi connectivity index (χ0n) is 15.4. The van der Waals surface area contributed by atoms with Crippen LogP contribution in [0.1, 0.15) is 17.5 Å². The van der Waals surface area contributed by atoms with Crippen LogP contribution in [-0.2, 0) is 32.3 Å². The molecule has 0 unspecified atom stereocenters. The Labute approximate surface area is 166 Å². The van der Waals surface area contributed by atoms with Crippen molar-refractivity contribution in [3.8, 4) is 0 Å². The highest BCUT2D eigenvalue weighted by molar-refractivity contribution is 5.95. The molecular weight excluding hydrogens is 380 g/mol. The second-order valence-electron chi connectivity index (χ2n) is 5.97. The highest BCUT2D eigenvalue weighted by atomic mass is 16.6. The van der Waals surface area contributed by atoms with Crippen molar-refractivity contribution < 1.29 is 33.8 Å². The first-order valence-corrected chi connectivity index (χ1v) is 8.60. The molecule has 0 bridgehead atoms. The number of hydrogen-bond donors (Lipinski definition) is 2. The maximum absolute atomic E-state index is 12.5. The molecule has 9 heteroatoms. The Balaban J connectivity index is 2.16. The third kappa shape index (κ3) is 6.65. The van der Waals surface area contributed by atoms with Crippen molar-refractivity contribution >= 4 is 24.1 Å². The van der Waals surface area contributed by atoms with Crippen LogP contribution in [0, 0.1) is 0 Å². The number of carboxylic acids is 1. The minimum absolute atomic E-state index is 0.203. The molecule has 0 aliphatic rings.